The zero-order valence-corrected chi connectivity index (χ0v) is 25.5. The third-order valence-electron chi connectivity index (χ3n) is 8.96. The first-order chi connectivity index (χ1) is 15.0. The Kier molecular flexibility index (Phi) is 9.44. The zero-order valence-electron chi connectivity index (χ0n) is 22.3. The summed E-state index contributed by atoms with van der Waals surface area (Å²) in [6.07, 6.45) is 6.16. The molecule has 2 saturated heterocycles. The number of halogens is 1. The van der Waals surface area contributed by atoms with E-state index in [1.54, 1.807) is 0 Å². The van der Waals surface area contributed by atoms with Crippen molar-refractivity contribution in [1.82, 2.24) is 5.09 Å². The van der Waals surface area contributed by atoms with Crippen molar-refractivity contribution in [1.29, 1.82) is 0 Å². The molecule has 0 aromatic carbocycles. The molecule has 6 heteroatoms. The first-order valence-electron chi connectivity index (χ1n) is 12.8. The molecule has 4 nitrogen and oxygen atoms in total. The molecule has 2 heterocycles. The van der Waals surface area contributed by atoms with Crippen LogP contribution < -0.4 is 5.09 Å². The van der Waals surface area contributed by atoms with Crippen LogP contribution in [0.2, 0.25) is 0 Å². The summed E-state index contributed by atoms with van der Waals surface area (Å²) >= 11 is -1.45. The molecule has 0 spiro atoms. The third kappa shape index (κ3) is 5.38. The molecule has 0 amide bonds. The third-order valence-corrected chi connectivity index (χ3v) is 20.3. The zero-order chi connectivity index (χ0) is 23.8. The van der Waals surface area contributed by atoms with Gasteiger partial charge in [0.05, 0.1) is 0 Å². The molecule has 0 radical (unpaired) electrons. The van der Waals surface area contributed by atoms with Crippen molar-refractivity contribution in [2.45, 2.75) is 103 Å². The second-order valence-electron chi connectivity index (χ2n) is 11.6. The van der Waals surface area contributed by atoms with Crippen LogP contribution in [-0.2, 0) is 14.2 Å². The van der Waals surface area contributed by atoms with E-state index in [-0.39, 0.29) is 15.8 Å². The van der Waals surface area contributed by atoms with Gasteiger partial charge in [0.1, 0.15) is 0 Å². The van der Waals surface area contributed by atoms with E-state index in [0.29, 0.717) is 21.4 Å². The van der Waals surface area contributed by atoms with Crippen molar-refractivity contribution < 1.29 is 14.2 Å². The summed E-state index contributed by atoms with van der Waals surface area (Å²) in [5, 5.41) is 3.97. The van der Waals surface area contributed by atoms with Gasteiger partial charge < -0.3 is 0 Å². The fourth-order valence-corrected chi connectivity index (χ4v) is 21.5. The van der Waals surface area contributed by atoms with E-state index in [1.165, 1.54) is 25.7 Å². The first-order valence-corrected chi connectivity index (χ1v) is 17.7. The van der Waals surface area contributed by atoms with Crippen LogP contribution >= 0.6 is 28.6 Å². The fourth-order valence-electron chi connectivity index (χ4n) is 7.56. The Morgan fingerprint density at radius 2 is 1.53 bits per heavy atom. The quantitative estimate of drug-likeness (QED) is 0.125. The maximum absolute atomic E-state index is 6.05. The van der Waals surface area contributed by atoms with Crippen LogP contribution in [0.5, 0.6) is 0 Å². The Hall–Kier alpha value is 1.00. The number of rotatable bonds is 7. The van der Waals surface area contributed by atoms with Gasteiger partial charge in [-0.25, -0.2) is 0 Å². The van der Waals surface area contributed by atoms with Gasteiger partial charge in [0.15, 0.2) is 0 Å². The Morgan fingerprint density at radius 1 is 0.969 bits per heavy atom. The molecule has 190 valence electrons. The second-order valence-corrected chi connectivity index (χ2v) is 21.3. The summed E-state index contributed by atoms with van der Waals surface area (Å²) < 4.78 is 19.6. The molecule has 3 aliphatic rings. The molecule has 3 rings (SSSR count). The van der Waals surface area contributed by atoms with Crippen LogP contribution in [0.25, 0.3) is 0 Å². The second kappa shape index (κ2) is 10.9. The molecule has 0 aromatic rings. The van der Waals surface area contributed by atoms with E-state index in [0.717, 1.165) is 37.0 Å². The number of methoxy groups -OCH3 is 2. The monoisotopic (exact) mass is 583 g/mol. The van der Waals surface area contributed by atoms with E-state index < -0.39 is 19.8 Å². The van der Waals surface area contributed by atoms with Gasteiger partial charge in [-0.1, -0.05) is 0 Å². The van der Waals surface area contributed by atoms with Crippen molar-refractivity contribution in [3.8, 4) is 0 Å². The first kappa shape index (κ1) is 27.6. The van der Waals surface area contributed by atoms with Crippen molar-refractivity contribution in [3.63, 3.8) is 0 Å². The van der Waals surface area contributed by atoms with Crippen molar-refractivity contribution in [2.75, 3.05) is 27.5 Å². The summed E-state index contributed by atoms with van der Waals surface area (Å²) in [5.41, 5.74) is 0. The SMILES string of the molecule is CO[C@@H]1[C@H](OC)[C@H](C)C[C@H]([C@@H]2CC[C@@](C)([C@@H]3CO3)I(C(C)(C)NPC)[C@@H]2C)[C@H](C)C[C@@H]1C. The summed E-state index contributed by atoms with van der Waals surface area (Å²) in [4.78, 5) is 0. The maximum atomic E-state index is 6.05. The number of ether oxygens (including phenoxy) is 3. The van der Waals surface area contributed by atoms with E-state index >= 15 is 0 Å². The molecule has 32 heavy (non-hydrogen) atoms. The van der Waals surface area contributed by atoms with Gasteiger partial charge in [0.25, 0.3) is 0 Å². The molecule has 1 aliphatic carbocycles. The van der Waals surface area contributed by atoms with E-state index in [4.69, 9.17) is 14.2 Å². The minimum atomic E-state index is -1.45. The van der Waals surface area contributed by atoms with E-state index in [2.05, 4.69) is 60.2 Å². The van der Waals surface area contributed by atoms with Crippen LogP contribution in [0.4, 0.5) is 0 Å². The Labute approximate surface area is 207 Å². The number of epoxide rings is 1. The molecule has 11 atom stereocenters. The Balaban J connectivity index is 1.90. The summed E-state index contributed by atoms with van der Waals surface area (Å²) in [7, 11) is 4.56. The number of hydrogen-bond acceptors (Lipinski definition) is 4. The topological polar surface area (TPSA) is 43.0 Å². The van der Waals surface area contributed by atoms with Crippen LogP contribution in [0.15, 0.2) is 0 Å². The molecule has 1 unspecified atom stereocenters. The molecule has 1 N–H and O–H groups in total. The Morgan fingerprint density at radius 3 is 2.03 bits per heavy atom. The van der Waals surface area contributed by atoms with Crippen LogP contribution in [-0.4, -0.2) is 56.7 Å². The fraction of sp³-hybridized carbons (Fsp3) is 1.00. The summed E-state index contributed by atoms with van der Waals surface area (Å²) in [5.74, 6) is 3.40. The number of alkyl halides is 3. The van der Waals surface area contributed by atoms with Crippen LogP contribution in [0, 0.1) is 29.6 Å². The van der Waals surface area contributed by atoms with Crippen molar-refractivity contribution in [2.24, 2.45) is 29.6 Å². The van der Waals surface area contributed by atoms with Gasteiger partial charge >= 0.3 is 208 Å². The standard InChI is InChI=1S/C26H51INO3P/c1-16-13-17(2)23(29-8)24(30-9)18(3)14-21(16)20-11-12-26(7,22-15-31-22)27(19(20)4)25(5,6)28-32-10/h16-24,28,32H,11-15H2,1-10H3/t16-,17+,18-,19-,20-,21+,22+,23+,24-,26+/m1/s1. The molecule has 0 aromatic heterocycles. The number of nitrogens with one attached hydrogen (secondary N) is 1. The predicted octanol–water partition coefficient (Wildman–Crippen LogP) is 6.35. The molecular formula is C26H51INO3P. The molecule has 3 fully saturated rings. The average molecular weight is 584 g/mol. The van der Waals surface area contributed by atoms with Gasteiger partial charge in [-0.05, 0) is 0 Å². The number of hydrogen-bond donors (Lipinski definition) is 1. The molecule has 0 bridgehead atoms. The van der Waals surface area contributed by atoms with Crippen LogP contribution in [0.1, 0.15) is 74.1 Å². The van der Waals surface area contributed by atoms with Gasteiger partial charge in [-0.2, -0.15) is 0 Å². The van der Waals surface area contributed by atoms with Gasteiger partial charge in [0, 0.05) is 0 Å². The van der Waals surface area contributed by atoms with Gasteiger partial charge in [-0.15, -0.1) is 0 Å². The summed E-state index contributed by atoms with van der Waals surface area (Å²) in [6.45, 7) is 20.9. The molecule has 1 saturated carbocycles. The van der Waals surface area contributed by atoms with Gasteiger partial charge in [-0.3, -0.25) is 0 Å². The Bertz CT molecular complexity index is 618. The van der Waals surface area contributed by atoms with E-state index in [1.807, 2.05) is 14.2 Å². The predicted molar refractivity (Wildman–Crippen MR) is 148 cm³/mol. The summed E-state index contributed by atoms with van der Waals surface area (Å²) in [6, 6.07) is 0. The van der Waals surface area contributed by atoms with Crippen LogP contribution in [0.3, 0.4) is 0 Å². The van der Waals surface area contributed by atoms with E-state index in [9.17, 15) is 0 Å². The molecular weight excluding hydrogens is 532 g/mol. The van der Waals surface area contributed by atoms with Crippen molar-refractivity contribution >= 4 is 28.6 Å². The van der Waals surface area contributed by atoms with Gasteiger partial charge in [0.2, 0.25) is 0 Å². The minimum absolute atomic E-state index is 0.197. The molecule has 2 aliphatic heterocycles. The normalized spacial score (nSPS) is 47.4. The average Bonchev–Trinajstić information content (AvgIpc) is 3.55. The van der Waals surface area contributed by atoms with Crippen molar-refractivity contribution in [3.05, 3.63) is 0 Å².